The number of aliphatic carboxylic acids is 1. The fraction of sp³-hybridized carbons (Fsp3) is 0.400. The molecule has 0 saturated heterocycles. The molecule has 2 amide bonds. The van der Waals surface area contributed by atoms with Crippen LogP contribution in [0.1, 0.15) is 18.9 Å². The standard InChI is InChI=1S/C15H18N2O4/c1-2-16-13(18)7-9-3-5-10(6-4-9)17-14(19)11-8-12(11)15(20)21/h3-6,11-12H,2,7-8H2,1H3,(H,16,18)(H,17,19)(H,20,21). The molecule has 21 heavy (non-hydrogen) atoms. The highest BCUT2D eigenvalue weighted by molar-refractivity contribution is 5.98. The molecule has 0 bridgehead atoms. The summed E-state index contributed by atoms with van der Waals surface area (Å²) in [6.45, 7) is 2.46. The van der Waals surface area contributed by atoms with Crippen LogP contribution in [0.25, 0.3) is 0 Å². The van der Waals surface area contributed by atoms with Gasteiger partial charge in [0, 0.05) is 12.2 Å². The maximum absolute atomic E-state index is 11.8. The van der Waals surface area contributed by atoms with E-state index >= 15 is 0 Å². The molecule has 1 aromatic carbocycles. The molecule has 1 fully saturated rings. The Hall–Kier alpha value is -2.37. The molecule has 1 aliphatic rings. The monoisotopic (exact) mass is 290 g/mol. The highest BCUT2D eigenvalue weighted by Gasteiger charge is 2.48. The third-order valence-electron chi connectivity index (χ3n) is 3.40. The third-order valence-corrected chi connectivity index (χ3v) is 3.40. The van der Waals surface area contributed by atoms with E-state index in [2.05, 4.69) is 10.6 Å². The Morgan fingerprint density at radius 1 is 1.19 bits per heavy atom. The lowest BCUT2D eigenvalue weighted by molar-refractivity contribution is -0.139. The molecule has 6 heteroatoms. The lowest BCUT2D eigenvalue weighted by Gasteiger charge is -2.06. The SMILES string of the molecule is CCNC(=O)Cc1ccc(NC(=O)C2CC2C(=O)O)cc1. The topological polar surface area (TPSA) is 95.5 Å². The number of carboxylic acid groups (broad SMARTS) is 1. The molecule has 2 atom stereocenters. The average Bonchev–Trinajstić information content (AvgIpc) is 3.21. The van der Waals surface area contributed by atoms with Gasteiger partial charge in [0.05, 0.1) is 18.3 Å². The molecule has 1 aromatic rings. The Morgan fingerprint density at radius 3 is 2.38 bits per heavy atom. The van der Waals surface area contributed by atoms with E-state index in [4.69, 9.17) is 5.11 Å². The van der Waals surface area contributed by atoms with Crippen LogP contribution in [0, 0.1) is 11.8 Å². The van der Waals surface area contributed by atoms with E-state index in [-0.39, 0.29) is 11.8 Å². The number of benzene rings is 1. The van der Waals surface area contributed by atoms with Crippen LogP contribution in [0.2, 0.25) is 0 Å². The molecule has 0 heterocycles. The number of anilines is 1. The van der Waals surface area contributed by atoms with Crippen LogP contribution in [0.5, 0.6) is 0 Å². The molecule has 112 valence electrons. The number of carboxylic acids is 1. The van der Waals surface area contributed by atoms with Crippen molar-refractivity contribution in [2.75, 3.05) is 11.9 Å². The van der Waals surface area contributed by atoms with E-state index in [0.717, 1.165) is 5.56 Å². The summed E-state index contributed by atoms with van der Waals surface area (Å²) in [7, 11) is 0. The van der Waals surface area contributed by atoms with E-state index in [1.165, 1.54) is 0 Å². The summed E-state index contributed by atoms with van der Waals surface area (Å²) in [6, 6.07) is 6.97. The number of hydrogen-bond donors (Lipinski definition) is 3. The first kappa shape index (κ1) is 15.0. The number of hydrogen-bond acceptors (Lipinski definition) is 3. The fourth-order valence-corrected chi connectivity index (χ4v) is 2.14. The largest absolute Gasteiger partial charge is 0.481 e. The van der Waals surface area contributed by atoms with Crippen LogP contribution < -0.4 is 10.6 Å². The van der Waals surface area contributed by atoms with Crippen molar-refractivity contribution in [2.45, 2.75) is 19.8 Å². The van der Waals surface area contributed by atoms with E-state index in [1.54, 1.807) is 24.3 Å². The number of likely N-dealkylation sites (N-methyl/N-ethyl adjacent to an activating group) is 1. The summed E-state index contributed by atoms with van der Waals surface area (Å²) < 4.78 is 0. The van der Waals surface area contributed by atoms with E-state index in [0.29, 0.717) is 25.1 Å². The van der Waals surface area contributed by atoms with Crippen molar-refractivity contribution in [3.63, 3.8) is 0 Å². The normalized spacial score (nSPS) is 19.7. The zero-order chi connectivity index (χ0) is 15.4. The number of nitrogens with one attached hydrogen (secondary N) is 2. The van der Waals surface area contributed by atoms with Gasteiger partial charge in [0.2, 0.25) is 11.8 Å². The lowest BCUT2D eigenvalue weighted by atomic mass is 10.1. The molecule has 3 N–H and O–H groups in total. The first-order chi connectivity index (χ1) is 10.0. The third kappa shape index (κ3) is 4.05. The Morgan fingerprint density at radius 2 is 1.86 bits per heavy atom. The molecule has 1 saturated carbocycles. The van der Waals surface area contributed by atoms with E-state index < -0.39 is 17.8 Å². The maximum Gasteiger partial charge on any atom is 0.307 e. The van der Waals surface area contributed by atoms with Gasteiger partial charge in [-0.2, -0.15) is 0 Å². The molecule has 0 aliphatic heterocycles. The van der Waals surface area contributed by atoms with Crippen LogP contribution in [-0.2, 0) is 20.8 Å². The smallest absolute Gasteiger partial charge is 0.307 e. The van der Waals surface area contributed by atoms with Gasteiger partial charge in [-0.1, -0.05) is 12.1 Å². The summed E-state index contributed by atoms with van der Waals surface area (Å²) in [5.41, 5.74) is 1.46. The molecule has 2 unspecified atom stereocenters. The van der Waals surface area contributed by atoms with Crippen molar-refractivity contribution >= 4 is 23.5 Å². The molecular formula is C15H18N2O4. The van der Waals surface area contributed by atoms with Gasteiger partial charge < -0.3 is 15.7 Å². The van der Waals surface area contributed by atoms with Crippen molar-refractivity contribution in [1.29, 1.82) is 0 Å². The van der Waals surface area contributed by atoms with Gasteiger partial charge in [-0.3, -0.25) is 14.4 Å². The molecule has 1 aliphatic carbocycles. The van der Waals surface area contributed by atoms with Crippen LogP contribution in [0.3, 0.4) is 0 Å². The highest BCUT2D eigenvalue weighted by atomic mass is 16.4. The van der Waals surface area contributed by atoms with Gasteiger partial charge in [-0.25, -0.2) is 0 Å². The second-order valence-corrected chi connectivity index (χ2v) is 5.10. The molecule has 0 spiro atoms. The second kappa shape index (κ2) is 6.39. The van der Waals surface area contributed by atoms with Crippen molar-refractivity contribution in [3.05, 3.63) is 29.8 Å². The number of carbonyl (C=O) groups is 3. The number of carbonyl (C=O) groups excluding carboxylic acids is 2. The first-order valence-corrected chi connectivity index (χ1v) is 6.90. The Kier molecular flexibility index (Phi) is 4.57. The van der Waals surface area contributed by atoms with Gasteiger partial charge in [0.1, 0.15) is 0 Å². The quantitative estimate of drug-likeness (QED) is 0.729. The number of amides is 2. The maximum atomic E-state index is 11.8. The first-order valence-electron chi connectivity index (χ1n) is 6.90. The zero-order valence-corrected chi connectivity index (χ0v) is 11.8. The molecule has 2 rings (SSSR count). The van der Waals surface area contributed by atoms with Gasteiger partial charge >= 0.3 is 5.97 Å². The summed E-state index contributed by atoms with van der Waals surface area (Å²) in [5, 5.41) is 14.2. The summed E-state index contributed by atoms with van der Waals surface area (Å²) in [5.74, 6) is -2.22. The van der Waals surface area contributed by atoms with Crippen LogP contribution in [0.15, 0.2) is 24.3 Å². The Balaban J connectivity index is 1.87. The van der Waals surface area contributed by atoms with Crippen LogP contribution in [-0.4, -0.2) is 29.4 Å². The predicted octanol–water partition coefficient (Wildman–Crippen LogP) is 1.02. The van der Waals surface area contributed by atoms with Crippen molar-refractivity contribution in [3.8, 4) is 0 Å². The molecule has 6 nitrogen and oxygen atoms in total. The predicted molar refractivity (Wildman–Crippen MR) is 76.7 cm³/mol. The summed E-state index contributed by atoms with van der Waals surface area (Å²) >= 11 is 0. The number of rotatable bonds is 6. The molecule has 0 aromatic heterocycles. The van der Waals surface area contributed by atoms with Gasteiger partial charge in [-0.05, 0) is 31.0 Å². The van der Waals surface area contributed by atoms with Crippen LogP contribution in [0.4, 0.5) is 5.69 Å². The molecular weight excluding hydrogens is 272 g/mol. The molecule has 0 radical (unpaired) electrons. The van der Waals surface area contributed by atoms with E-state index in [1.807, 2.05) is 6.92 Å². The van der Waals surface area contributed by atoms with Crippen molar-refractivity contribution in [1.82, 2.24) is 5.32 Å². The Labute approximate surface area is 122 Å². The average molecular weight is 290 g/mol. The fourth-order valence-electron chi connectivity index (χ4n) is 2.14. The minimum Gasteiger partial charge on any atom is -0.481 e. The summed E-state index contributed by atoms with van der Waals surface area (Å²) in [6.07, 6.45) is 0.697. The van der Waals surface area contributed by atoms with Crippen molar-refractivity contribution in [2.24, 2.45) is 11.8 Å². The zero-order valence-electron chi connectivity index (χ0n) is 11.8. The van der Waals surface area contributed by atoms with E-state index in [9.17, 15) is 14.4 Å². The van der Waals surface area contributed by atoms with Crippen LogP contribution >= 0.6 is 0 Å². The Bertz CT molecular complexity index is 553. The van der Waals surface area contributed by atoms with Gasteiger partial charge in [-0.15, -0.1) is 0 Å². The van der Waals surface area contributed by atoms with Gasteiger partial charge in [0.15, 0.2) is 0 Å². The summed E-state index contributed by atoms with van der Waals surface area (Å²) in [4.78, 5) is 33.9. The lowest BCUT2D eigenvalue weighted by Crippen LogP contribution is -2.24. The van der Waals surface area contributed by atoms with Gasteiger partial charge in [0.25, 0.3) is 0 Å². The van der Waals surface area contributed by atoms with Crippen molar-refractivity contribution < 1.29 is 19.5 Å². The highest BCUT2D eigenvalue weighted by Crippen LogP contribution is 2.39. The minimum atomic E-state index is -0.924. The minimum absolute atomic E-state index is 0.0448. The second-order valence-electron chi connectivity index (χ2n) is 5.10.